The molecule has 0 aromatic heterocycles. The Morgan fingerprint density at radius 3 is 2.50 bits per heavy atom. The number of hydrogen-bond acceptors (Lipinski definition) is 2. The Morgan fingerprint density at radius 2 is 1.92 bits per heavy atom. The summed E-state index contributed by atoms with van der Waals surface area (Å²) in [5.74, 6) is 1.98. The van der Waals surface area contributed by atoms with Crippen molar-refractivity contribution in [2.24, 2.45) is 28.9 Å². The molecule has 2 aliphatic carbocycles. The van der Waals surface area contributed by atoms with Crippen LogP contribution in [0.4, 0.5) is 0 Å². The molecule has 2 rings (SSSR count). The van der Waals surface area contributed by atoms with E-state index in [2.05, 4.69) is 13.8 Å². The fourth-order valence-electron chi connectivity index (χ4n) is 2.98. The molecule has 0 radical (unpaired) electrons. The van der Waals surface area contributed by atoms with Gasteiger partial charge in [0.15, 0.2) is 0 Å². The molecule has 4 atom stereocenters. The largest absolute Gasteiger partial charge is 0.393 e. The van der Waals surface area contributed by atoms with Gasteiger partial charge in [-0.2, -0.15) is 0 Å². The Kier molecular flexibility index (Phi) is 1.74. The van der Waals surface area contributed by atoms with Crippen LogP contribution >= 0.6 is 0 Å². The molecule has 12 heavy (non-hydrogen) atoms. The van der Waals surface area contributed by atoms with Gasteiger partial charge in [0.05, 0.1) is 6.10 Å². The normalized spacial score (nSPS) is 50.0. The first-order chi connectivity index (χ1) is 5.57. The van der Waals surface area contributed by atoms with Gasteiger partial charge in [0.1, 0.15) is 0 Å². The highest BCUT2D eigenvalue weighted by Crippen LogP contribution is 2.65. The summed E-state index contributed by atoms with van der Waals surface area (Å²) in [7, 11) is 0. The predicted molar refractivity (Wildman–Crippen MR) is 48.5 cm³/mol. The van der Waals surface area contributed by atoms with Crippen molar-refractivity contribution in [2.45, 2.75) is 32.8 Å². The third-order valence-electron chi connectivity index (χ3n) is 4.19. The maximum absolute atomic E-state index is 9.72. The fraction of sp³-hybridized carbons (Fsp3) is 1.00. The highest BCUT2D eigenvalue weighted by molar-refractivity contribution is 5.09. The molecule has 0 amide bonds. The van der Waals surface area contributed by atoms with Crippen LogP contribution in [0.3, 0.4) is 0 Å². The zero-order chi connectivity index (χ0) is 8.93. The number of aliphatic hydroxyl groups is 1. The summed E-state index contributed by atoms with van der Waals surface area (Å²) < 4.78 is 0. The lowest BCUT2D eigenvalue weighted by Gasteiger charge is -2.25. The number of aliphatic hydroxyl groups excluding tert-OH is 1. The summed E-state index contributed by atoms with van der Waals surface area (Å²) in [5, 5.41) is 9.72. The van der Waals surface area contributed by atoms with E-state index in [-0.39, 0.29) is 6.10 Å². The van der Waals surface area contributed by atoms with Gasteiger partial charge in [-0.15, -0.1) is 0 Å². The minimum atomic E-state index is -0.127. The average Bonchev–Trinajstić information content (AvgIpc) is 2.52. The van der Waals surface area contributed by atoms with Crippen LogP contribution in [-0.4, -0.2) is 17.8 Å². The summed E-state index contributed by atoms with van der Waals surface area (Å²) in [5.41, 5.74) is 6.09. The van der Waals surface area contributed by atoms with Gasteiger partial charge in [-0.05, 0) is 42.6 Å². The Morgan fingerprint density at radius 1 is 1.33 bits per heavy atom. The SMILES string of the molecule is CC1(C)C2CC(O)C(CN)CC21. The minimum Gasteiger partial charge on any atom is -0.393 e. The highest BCUT2D eigenvalue weighted by Gasteiger charge is 2.60. The second kappa shape index (κ2) is 2.46. The number of hydrogen-bond donors (Lipinski definition) is 2. The van der Waals surface area contributed by atoms with Crippen LogP contribution in [0.15, 0.2) is 0 Å². The third kappa shape index (κ3) is 1.01. The third-order valence-corrected chi connectivity index (χ3v) is 4.19. The molecule has 70 valence electrons. The molecule has 0 bridgehead atoms. The van der Waals surface area contributed by atoms with Crippen LogP contribution in [0, 0.1) is 23.2 Å². The lowest BCUT2D eigenvalue weighted by Crippen LogP contribution is -2.31. The summed E-state index contributed by atoms with van der Waals surface area (Å²) in [6, 6.07) is 0. The standard InChI is InChI=1S/C10H19NO/c1-10(2)7-3-6(5-11)9(12)4-8(7)10/h6-9,12H,3-5,11H2,1-2H3. The molecule has 0 saturated heterocycles. The van der Waals surface area contributed by atoms with Gasteiger partial charge < -0.3 is 10.8 Å². The highest BCUT2D eigenvalue weighted by atomic mass is 16.3. The van der Waals surface area contributed by atoms with Crippen molar-refractivity contribution >= 4 is 0 Å². The molecule has 0 aromatic rings. The second-order valence-corrected chi connectivity index (χ2v) is 5.07. The quantitative estimate of drug-likeness (QED) is 0.615. The van der Waals surface area contributed by atoms with Crippen LogP contribution in [-0.2, 0) is 0 Å². The molecule has 0 heterocycles. The summed E-state index contributed by atoms with van der Waals surface area (Å²) in [4.78, 5) is 0. The lowest BCUT2D eigenvalue weighted by molar-refractivity contribution is 0.0695. The van der Waals surface area contributed by atoms with Gasteiger partial charge in [0.25, 0.3) is 0 Å². The molecule has 3 N–H and O–H groups in total. The van der Waals surface area contributed by atoms with Crippen molar-refractivity contribution < 1.29 is 5.11 Å². The topological polar surface area (TPSA) is 46.2 Å². The monoisotopic (exact) mass is 169 g/mol. The molecule has 0 spiro atoms. The average molecular weight is 169 g/mol. The number of nitrogens with two attached hydrogens (primary N) is 1. The maximum Gasteiger partial charge on any atom is 0.0583 e. The Hall–Kier alpha value is -0.0800. The van der Waals surface area contributed by atoms with Gasteiger partial charge in [-0.3, -0.25) is 0 Å². The Labute approximate surface area is 74.1 Å². The second-order valence-electron chi connectivity index (χ2n) is 5.07. The van der Waals surface area contributed by atoms with E-state index in [0.29, 0.717) is 17.9 Å². The molecular weight excluding hydrogens is 150 g/mol. The molecule has 0 aliphatic heterocycles. The van der Waals surface area contributed by atoms with E-state index in [1.165, 1.54) is 0 Å². The summed E-state index contributed by atoms with van der Waals surface area (Å²) in [6.45, 7) is 5.28. The molecule has 0 aromatic carbocycles. The molecule has 4 unspecified atom stereocenters. The molecule has 2 aliphatic rings. The van der Waals surface area contributed by atoms with Crippen molar-refractivity contribution in [1.82, 2.24) is 0 Å². The van der Waals surface area contributed by atoms with Crippen molar-refractivity contribution in [2.75, 3.05) is 6.54 Å². The van der Waals surface area contributed by atoms with E-state index in [1.54, 1.807) is 0 Å². The van der Waals surface area contributed by atoms with E-state index in [1.807, 2.05) is 0 Å². The molecule has 2 heteroatoms. The van der Waals surface area contributed by atoms with Crippen LogP contribution < -0.4 is 5.73 Å². The van der Waals surface area contributed by atoms with Gasteiger partial charge in [0.2, 0.25) is 0 Å². The summed E-state index contributed by atoms with van der Waals surface area (Å²) in [6.07, 6.45) is 2.01. The van der Waals surface area contributed by atoms with Crippen molar-refractivity contribution in [3.05, 3.63) is 0 Å². The van der Waals surface area contributed by atoms with Crippen LogP contribution in [0.1, 0.15) is 26.7 Å². The van der Waals surface area contributed by atoms with Crippen LogP contribution in [0.5, 0.6) is 0 Å². The van der Waals surface area contributed by atoms with Gasteiger partial charge >= 0.3 is 0 Å². The van der Waals surface area contributed by atoms with Crippen molar-refractivity contribution in [1.29, 1.82) is 0 Å². The number of fused-ring (bicyclic) bond motifs is 1. The first-order valence-electron chi connectivity index (χ1n) is 4.95. The minimum absolute atomic E-state index is 0.127. The molecule has 2 saturated carbocycles. The molecular formula is C10H19NO. The van der Waals surface area contributed by atoms with Crippen molar-refractivity contribution in [3.63, 3.8) is 0 Å². The molecule has 2 nitrogen and oxygen atoms in total. The van der Waals surface area contributed by atoms with Gasteiger partial charge in [0, 0.05) is 0 Å². The van der Waals surface area contributed by atoms with E-state index >= 15 is 0 Å². The Bertz CT molecular complexity index is 190. The zero-order valence-electron chi connectivity index (χ0n) is 7.96. The fourth-order valence-corrected chi connectivity index (χ4v) is 2.98. The smallest absolute Gasteiger partial charge is 0.0583 e. The number of rotatable bonds is 1. The van der Waals surface area contributed by atoms with E-state index in [0.717, 1.165) is 24.7 Å². The maximum atomic E-state index is 9.72. The Balaban J connectivity index is 2.03. The van der Waals surface area contributed by atoms with Gasteiger partial charge in [-0.25, -0.2) is 0 Å². The first kappa shape index (κ1) is 8.52. The summed E-state index contributed by atoms with van der Waals surface area (Å²) >= 11 is 0. The zero-order valence-corrected chi connectivity index (χ0v) is 7.96. The van der Waals surface area contributed by atoms with E-state index in [4.69, 9.17) is 5.73 Å². The van der Waals surface area contributed by atoms with Crippen molar-refractivity contribution in [3.8, 4) is 0 Å². The van der Waals surface area contributed by atoms with Crippen LogP contribution in [0.2, 0.25) is 0 Å². The van der Waals surface area contributed by atoms with E-state index in [9.17, 15) is 5.11 Å². The predicted octanol–water partition coefficient (Wildman–Crippen LogP) is 0.988. The van der Waals surface area contributed by atoms with E-state index < -0.39 is 0 Å². The lowest BCUT2D eigenvalue weighted by atomic mass is 9.87. The first-order valence-corrected chi connectivity index (χ1v) is 4.95. The van der Waals surface area contributed by atoms with Crippen LogP contribution in [0.25, 0.3) is 0 Å². The van der Waals surface area contributed by atoms with Gasteiger partial charge in [-0.1, -0.05) is 13.8 Å². The molecule has 2 fully saturated rings.